The van der Waals surface area contributed by atoms with Crippen LogP contribution >= 0.6 is 0 Å². The van der Waals surface area contributed by atoms with Gasteiger partial charge in [0.25, 0.3) is 0 Å². The van der Waals surface area contributed by atoms with Gasteiger partial charge >= 0.3 is 0 Å². The molecule has 2 nitrogen and oxygen atoms in total. The number of rotatable bonds is 5. The summed E-state index contributed by atoms with van der Waals surface area (Å²) in [7, 11) is 2.00. The quantitative estimate of drug-likeness (QED) is 0.504. The van der Waals surface area contributed by atoms with Crippen LogP contribution in [0.4, 0.5) is 0 Å². The Labute approximate surface area is 192 Å². The fraction of sp³-hybridized carbons (Fsp3) is 1.00. The van der Waals surface area contributed by atoms with Crippen LogP contribution in [0.2, 0.25) is 0 Å². The number of hydrogen-bond donors (Lipinski definition) is 1. The normalized spacial score (nSPS) is 52.6. The molecule has 0 aromatic heterocycles. The van der Waals surface area contributed by atoms with Gasteiger partial charge in [0.2, 0.25) is 0 Å². The first-order valence-electron chi connectivity index (χ1n) is 13.7. The van der Waals surface area contributed by atoms with Crippen molar-refractivity contribution in [3.63, 3.8) is 0 Å². The first-order valence-corrected chi connectivity index (χ1v) is 13.7. The van der Waals surface area contributed by atoms with Crippen LogP contribution < -0.4 is 0 Å². The number of hydrogen-bond acceptors (Lipinski definition) is 2. The van der Waals surface area contributed by atoms with E-state index in [2.05, 4.69) is 41.5 Å². The molecule has 5 fully saturated rings. The van der Waals surface area contributed by atoms with Crippen molar-refractivity contribution in [3.05, 3.63) is 0 Å². The van der Waals surface area contributed by atoms with Gasteiger partial charge in [0.05, 0.1) is 12.2 Å². The van der Waals surface area contributed by atoms with Gasteiger partial charge in [-0.25, -0.2) is 0 Å². The van der Waals surface area contributed by atoms with E-state index in [1.54, 1.807) is 0 Å². The van der Waals surface area contributed by atoms with Crippen LogP contribution in [0.25, 0.3) is 0 Å². The molecule has 0 amide bonds. The Balaban J connectivity index is 1.35. The van der Waals surface area contributed by atoms with E-state index in [0.717, 1.165) is 36.5 Å². The largest absolute Gasteiger partial charge is 0.393 e. The summed E-state index contributed by atoms with van der Waals surface area (Å²) in [5.41, 5.74) is 1.79. The lowest BCUT2D eigenvalue weighted by atomic mass is 9.45. The number of ether oxygens (including phenoxy) is 1. The lowest BCUT2D eigenvalue weighted by molar-refractivity contribution is -0.162. The summed E-state index contributed by atoms with van der Waals surface area (Å²) in [6.45, 7) is 14.6. The molecule has 5 aliphatic rings. The van der Waals surface area contributed by atoms with E-state index in [0.29, 0.717) is 39.6 Å². The van der Waals surface area contributed by atoms with Crippen LogP contribution in [0.15, 0.2) is 0 Å². The summed E-state index contributed by atoms with van der Waals surface area (Å²) in [6.07, 6.45) is 13.7. The second kappa shape index (κ2) is 7.21. The molecule has 0 aromatic carbocycles. The van der Waals surface area contributed by atoms with Crippen LogP contribution in [-0.2, 0) is 4.74 Å². The van der Waals surface area contributed by atoms with E-state index in [9.17, 15) is 5.11 Å². The van der Waals surface area contributed by atoms with E-state index in [1.807, 2.05) is 7.11 Å². The summed E-state index contributed by atoms with van der Waals surface area (Å²) in [6, 6.07) is 0. The molecular weight excluding hydrogens is 380 g/mol. The lowest BCUT2D eigenvalue weighted by Crippen LogP contribution is -2.57. The number of aliphatic hydroxyl groups excluding tert-OH is 1. The molecule has 0 radical (unpaired) electrons. The maximum atomic E-state index is 11.1. The Morgan fingerprint density at radius 2 is 1.77 bits per heavy atom. The number of fused-ring (bicyclic) bond motifs is 4. The Bertz CT molecular complexity index is 695. The predicted octanol–water partition coefficient (Wildman–Crippen LogP) is 7.09. The highest BCUT2D eigenvalue weighted by molar-refractivity contribution is 5.26. The van der Waals surface area contributed by atoms with Crippen molar-refractivity contribution in [1.82, 2.24) is 0 Å². The molecule has 5 aliphatic carbocycles. The zero-order chi connectivity index (χ0) is 22.4. The van der Waals surface area contributed by atoms with Gasteiger partial charge in [0.15, 0.2) is 0 Å². The van der Waals surface area contributed by atoms with Crippen LogP contribution in [0.1, 0.15) is 106 Å². The fourth-order valence-corrected chi connectivity index (χ4v) is 10.6. The molecule has 1 unspecified atom stereocenters. The van der Waals surface area contributed by atoms with Crippen LogP contribution in [0.5, 0.6) is 0 Å². The van der Waals surface area contributed by atoms with Gasteiger partial charge in [0.1, 0.15) is 0 Å². The molecule has 0 aliphatic heterocycles. The molecule has 0 saturated heterocycles. The van der Waals surface area contributed by atoms with Crippen molar-refractivity contribution in [2.24, 2.45) is 57.2 Å². The molecule has 0 bridgehead atoms. The monoisotopic (exact) mass is 430 g/mol. The summed E-state index contributed by atoms with van der Waals surface area (Å²) in [5.74, 6) is 4.70. The fourth-order valence-electron chi connectivity index (χ4n) is 10.6. The maximum Gasteiger partial charge on any atom is 0.0638 e. The molecule has 5 saturated carbocycles. The highest BCUT2D eigenvalue weighted by Crippen LogP contribution is 2.82. The third kappa shape index (κ3) is 3.09. The van der Waals surface area contributed by atoms with Crippen molar-refractivity contribution in [2.45, 2.75) is 118 Å². The molecule has 11 atom stereocenters. The van der Waals surface area contributed by atoms with Crippen molar-refractivity contribution in [2.75, 3.05) is 7.11 Å². The Kier molecular flexibility index (Phi) is 5.28. The molecule has 0 aromatic rings. The van der Waals surface area contributed by atoms with Gasteiger partial charge in [-0.1, -0.05) is 41.5 Å². The highest BCUT2D eigenvalue weighted by atomic mass is 16.5. The van der Waals surface area contributed by atoms with Gasteiger partial charge in [-0.05, 0) is 116 Å². The smallest absolute Gasteiger partial charge is 0.0638 e. The number of methoxy groups -OCH3 is 1. The topological polar surface area (TPSA) is 29.5 Å². The summed E-state index contributed by atoms with van der Waals surface area (Å²) >= 11 is 0. The van der Waals surface area contributed by atoms with Gasteiger partial charge in [-0.3, -0.25) is 0 Å². The van der Waals surface area contributed by atoms with E-state index in [1.165, 1.54) is 51.4 Å². The first-order chi connectivity index (χ1) is 14.5. The molecule has 2 heteroatoms. The standard InChI is InChI=1S/C29H50O2/c1-18(24(30)12-13-26(2,3)4)21-8-9-22-20-16-25(31-7)29-17-19(29)10-15-28(29,6)23(20)11-14-27(21,22)5/h18-25,30H,8-17H2,1-7H3/t18-,19-,20-,21+,22-,23-,24?,25+,27+,28+,29-/m0/s1. The minimum atomic E-state index is -0.140. The highest BCUT2D eigenvalue weighted by Gasteiger charge is 2.77. The molecular formula is C29H50O2. The zero-order valence-corrected chi connectivity index (χ0v) is 21.5. The summed E-state index contributed by atoms with van der Waals surface area (Å²) in [4.78, 5) is 0. The Hall–Kier alpha value is -0.0800. The SMILES string of the molecule is CO[C@@H]1C[C@H]2[C@@H]3CC[C@H]([C@H](C)C(O)CCC(C)(C)C)[C@@]3(C)CC[C@@H]2[C@@]2(C)CC[C@H]3C[C@]312. The van der Waals surface area contributed by atoms with Gasteiger partial charge in [0, 0.05) is 12.5 Å². The van der Waals surface area contributed by atoms with E-state index >= 15 is 0 Å². The summed E-state index contributed by atoms with van der Waals surface area (Å²) in [5, 5.41) is 11.1. The number of aliphatic hydroxyl groups is 1. The maximum absolute atomic E-state index is 11.1. The van der Waals surface area contributed by atoms with E-state index in [4.69, 9.17) is 4.74 Å². The van der Waals surface area contributed by atoms with Crippen molar-refractivity contribution in [3.8, 4) is 0 Å². The minimum Gasteiger partial charge on any atom is -0.393 e. The van der Waals surface area contributed by atoms with Crippen LogP contribution in [-0.4, -0.2) is 24.4 Å². The molecule has 31 heavy (non-hydrogen) atoms. The summed E-state index contributed by atoms with van der Waals surface area (Å²) < 4.78 is 6.28. The van der Waals surface area contributed by atoms with Gasteiger partial charge in [-0.2, -0.15) is 0 Å². The van der Waals surface area contributed by atoms with E-state index < -0.39 is 0 Å². The Morgan fingerprint density at radius 1 is 1.03 bits per heavy atom. The zero-order valence-electron chi connectivity index (χ0n) is 21.5. The van der Waals surface area contributed by atoms with E-state index in [-0.39, 0.29) is 6.10 Å². The van der Waals surface area contributed by atoms with Crippen LogP contribution in [0.3, 0.4) is 0 Å². The average Bonchev–Trinajstić information content (AvgIpc) is 3.22. The third-order valence-electron chi connectivity index (χ3n) is 12.3. The van der Waals surface area contributed by atoms with Gasteiger partial charge in [-0.15, -0.1) is 0 Å². The second-order valence-corrected chi connectivity index (χ2v) is 14.5. The van der Waals surface area contributed by atoms with Crippen molar-refractivity contribution < 1.29 is 9.84 Å². The predicted molar refractivity (Wildman–Crippen MR) is 128 cm³/mol. The second-order valence-electron chi connectivity index (χ2n) is 14.5. The molecule has 5 rings (SSSR count). The van der Waals surface area contributed by atoms with Crippen LogP contribution in [0, 0.1) is 57.2 Å². The molecule has 1 spiro atoms. The molecule has 1 N–H and O–H groups in total. The third-order valence-corrected chi connectivity index (χ3v) is 12.3. The Morgan fingerprint density at radius 3 is 2.42 bits per heavy atom. The minimum absolute atomic E-state index is 0.140. The van der Waals surface area contributed by atoms with Gasteiger partial charge < -0.3 is 9.84 Å². The first kappa shape index (κ1) is 22.7. The average molecular weight is 431 g/mol. The molecule has 0 heterocycles. The van der Waals surface area contributed by atoms with Crippen molar-refractivity contribution >= 4 is 0 Å². The van der Waals surface area contributed by atoms with Crippen molar-refractivity contribution in [1.29, 1.82) is 0 Å². The molecule has 178 valence electrons. The lowest BCUT2D eigenvalue weighted by Gasteiger charge is -2.61.